The first-order valence-electron chi connectivity index (χ1n) is 8.77. The topological polar surface area (TPSA) is 119 Å². The number of carbonyl (C=O) groups excluding carboxylic acids is 1. The molecule has 0 saturated carbocycles. The molecule has 158 valence electrons. The van der Waals surface area contributed by atoms with Crippen molar-refractivity contribution >= 4 is 45.0 Å². The smallest absolute Gasteiger partial charge is 0.257 e. The first-order valence-corrected chi connectivity index (χ1v) is 11.9. The van der Waals surface area contributed by atoms with Crippen molar-refractivity contribution in [3.8, 4) is 5.69 Å². The number of anilines is 1. The number of hydrogen-bond donors (Lipinski definition) is 2. The summed E-state index contributed by atoms with van der Waals surface area (Å²) >= 11 is 7.54. The second-order valence-electron chi connectivity index (χ2n) is 6.50. The molecular weight excluding hydrogens is 448 g/mol. The van der Waals surface area contributed by atoms with E-state index in [2.05, 4.69) is 25.6 Å². The highest BCUT2D eigenvalue weighted by atomic mass is 35.5. The van der Waals surface area contributed by atoms with Crippen LogP contribution in [0, 0.1) is 0 Å². The number of nitrogens with one attached hydrogen (secondary N) is 2. The molecule has 2 aromatic carbocycles. The fraction of sp³-hybridized carbons (Fsp3) is 0.222. The van der Waals surface area contributed by atoms with Gasteiger partial charge >= 0.3 is 0 Å². The van der Waals surface area contributed by atoms with Crippen LogP contribution in [0.5, 0.6) is 0 Å². The summed E-state index contributed by atoms with van der Waals surface area (Å²) in [5, 5.41) is 15.0. The van der Waals surface area contributed by atoms with Gasteiger partial charge in [-0.1, -0.05) is 29.4 Å². The van der Waals surface area contributed by atoms with Gasteiger partial charge in [-0.15, -0.1) is 5.10 Å². The highest BCUT2D eigenvalue weighted by Crippen LogP contribution is 2.23. The van der Waals surface area contributed by atoms with E-state index in [1.165, 1.54) is 34.6 Å². The number of amides is 1. The van der Waals surface area contributed by atoms with Crippen LogP contribution in [-0.4, -0.2) is 46.8 Å². The number of tetrazole rings is 1. The molecule has 0 aliphatic rings. The molecule has 0 bridgehead atoms. The van der Waals surface area contributed by atoms with Gasteiger partial charge in [-0.25, -0.2) is 13.1 Å². The predicted molar refractivity (Wildman–Crippen MR) is 116 cm³/mol. The van der Waals surface area contributed by atoms with Gasteiger partial charge < -0.3 is 5.32 Å². The minimum Gasteiger partial charge on any atom is -0.322 e. The molecule has 1 aromatic heterocycles. The predicted octanol–water partition coefficient (Wildman–Crippen LogP) is 2.98. The Labute approximate surface area is 183 Å². The van der Waals surface area contributed by atoms with Gasteiger partial charge in [-0.05, 0) is 66.9 Å². The average molecular weight is 467 g/mol. The standard InChI is InChI=1S/C18H19ClN6O3S2/c1-11(2)22-30(27,28)14-7-8-16(19)15(10-14)17(26)20-12-5-4-6-13(9-12)25-18(29-3)21-23-24-25/h4-11,22H,1-3H3,(H,20,26). The summed E-state index contributed by atoms with van der Waals surface area (Å²) in [5.41, 5.74) is 1.18. The molecule has 0 fully saturated rings. The quantitative estimate of drug-likeness (QED) is 0.513. The summed E-state index contributed by atoms with van der Waals surface area (Å²) < 4.78 is 28.8. The third kappa shape index (κ3) is 4.98. The minimum absolute atomic E-state index is 0.0425. The molecule has 2 N–H and O–H groups in total. The van der Waals surface area contributed by atoms with Gasteiger partial charge in [0.1, 0.15) is 0 Å². The van der Waals surface area contributed by atoms with E-state index < -0.39 is 15.9 Å². The molecule has 1 amide bonds. The van der Waals surface area contributed by atoms with E-state index in [1.54, 1.807) is 38.1 Å². The lowest BCUT2D eigenvalue weighted by atomic mass is 10.2. The van der Waals surface area contributed by atoms with E-state index >= 15 is 0 Å². The van der Waals surface area contributed by atoms with Gasteiger partial charge in [0, 0.05) is 11.7 Å². The number of rotatable bonds is 7. The third-order valence-corrected chi connectivity index (χ3v) is 6.46. The Hall–Kier alpha value is -2.47. The molecule has 0 spiro atoms. The van der Waals surface area contributed by atoms with Gasteiger partial charge in [0.05, 0.1) is 21.2 Å². The Morgan fingerprint density at radius 3 is 2.67 bits per heavy atom. The normalized spacial score (nSPS) is 11.6. The highest BCUT2D eigenvalue weighted by molar-refractivity contribution is 7.98. The van der Waals surface area contributed by atoms with Crippen molar-refractivity contribution in [2.45, 2.75) is 29.9 Å². The van der Waals surface area contributed by atoms with Crippen LogP contribution in [0.25, 0.3) is 5.69 Å². The highest BCUT2D eigenvalue weighted by Gasteiger charge is 2.20. The number of thioether (sulfide) groups is 1. The van der Waals surface area contributed by atoms with Crippen LogP contribution >= 0.6 is 23.4 Å². The lowest BCUT2D eigenvalue weighted by Crippen LogP contribution is -2.30. The second kappa shape index (κ2) is 9.13. The van der Waals surface area contributed by atoms with Crippen molar-refractivity contribution < 1.29 is 13.2 Å². The van der Waals surface area contributed by atoms with E-state index in [4.69, 9.17) is 11.6 Å². The van der Waals surface area contributed by atoms with Crippen molar-refractivity contribution in [3.05, 3.63) is 53.1 Å². The fourth-order valence-electron chi connectivity index (χ4n) is 2.61. The van der Waals surface area contributed by atoms with Gasteiger partial charge in [-0.3, -0.25) is 4.79 Å². The van der Waals surface area contributed by atoms with E-state index in [9.17, 15) is 13.2 Å². The summed E-state index contributed by atoms with van der Waals surface area (Å²) in [5.74, 6) is -0.541. The molecular formula is C18H19ClN6O3S2. The minimum atomic E-state index is -3.77. The van der Waals surface area contributed by atoms with Gasteiger partial charge in [0.2, 0.25) is 15.2 Å². The molecule has 9 nitrogen and oxygen atoms in total. The van der Waals surface area contributed by atoms with Crippen LogP contribution in [-0.2, 0) is 10.0 Å². The molecule has 0 saturated heterocycles. The van der Waals surface area contributed by atoms with E-state index in [0.29, 0.717) is 16.5 Å². The van der Waals surface area contributed by atoms with Crippen molar-refractivity contribution in [2.75, 3.05) is 11.6 Å². The summed E-state index contributed by atoms with van der Waals surface area (Å²) in [6, 6.07) is 10.6. The largest absolute Gasteiger partial charge is 0.322 e. The molecule has 0 aliphatic heterocycles. The number of hydrogen-bond acceptors (Lipinski definition) is 7. The Morgan fingerprint density at radius 1 is 1.20 bits per heavy atom. The number of carbonyl (C=O) groups is 1. The molecule has 30 heavy (non-hydrogen) atoms. The van der Waals surface area contributed by atoms with Crippen molar-refractivity contribution in [2.24, 2.45) is 0 Å². The number of benzene rings is 2. The molecule has 0 radical (unpaired) electrons. The van der Waals surface area contributed by atoms with Crippen LogP contribution in [0.15, 0.2) is 52.5 Å². The third-order valence-electron chi connectivity index (χ3n) is 3.86. The summed E-state index contributed by atoms with van der Waals surface area (Å²) in [7, 11) is -3.77. The number of nitrogens with zero attached hydrogens (tertiary/aromatic N) is 4. The number of sulfonamides is 1. The maximum atomic E-state index is 12.8. The molecule has 0 atom stereocenters. The zero-order valence-corrected chi connectivity index (χ0v) is 18.7. The first-order chi connectivity index (χ1) is 14.2. The molecule has 0 aliphatic carbocycles. The lowest BCUT2D eigenvalue weighted by Gasteiger charge is -2.12. The van der Waals surface area contributed by atoms with E-state index in [0.717, 1.165) is 0 Å². The summed E-state index contributed by atoms with van der Waals surface area (Å²) in [4.78, 5) is 12.8. The SMILES string of the molecule is CSc1nnnn1-c1cccc(NC(=O)c2cc(S(=O)(=O)NC(C)C)ccc2Cl)c1. The zero-order chi connectivity index (χ0) is 21.9. The zero-order valence-electron chi connectivity index (χ0n) is 16.3. The second-order valence-corrected chi connectivity index (χ2v) is 9.39. The average Bonchev–Trinajstić information content (AvgIpc) is 3.16. The van der Waals surface area contributed by atoms with Crippen LogP contribution < -0.4 is 10.0 Å². The van der Waals surface area contributed by atoms with Crippen LogP contribution in [0.2, 0.25) is 5.02 Å². The van der Waals surface area contributed by atoms with Crippen molar-refractivity contribution in [3.63, 3.8) is 0 Å². The van der Waals surface area contributed by atoms with E-state index in [1.807, 2.05) is 6.26 Å². The van der Waals surface area contributed by atoms with E-state index in [-0.39, 0.29) is 21.5 Å². The molecule has 0 unspecified atom stereocenters. The fourth-order valence-corrected chi connectivity index (χ4v) is 4.52. The van der Waals surface area contributed by atoms with Crippen molar-refractivity contribution in [1.82, 2.24) is 24.9 Å². The molecule has 3 rings (SSSR count). The Bertz CT molecular complexity index is 1180. The monoisotopic (exact) mass is 466 g/mol. The number of halogens is 1. The molecule has 1 heterocycles. The molecule has 3 aromatic rings. The van der Waals surface area contributed by atoms with Gasteiger partial charge in [0.25, 0.3) is 5.91 Å². The Morgan fingerprint density at radius 2 is 1.97 bits per heavy atom. The maximum absolute atomic E-state index is 12.8. The van der Waals surface area contributed by atoms with Crippen molar-refractivity contribution in [1.29, 1.82) is 0 Å². The van der Waals surface area contributed by atoms with Crippen LogP contribution in [0.1, 0.15) is 24.2 Å². The van der Waals surface area contributed by atoms with Gasteiger partial charge in [-0.2, -0.15) is 4.68 Å². The molecule has 12 heteroatoms. The Balaban J connectivity index is 1.88. The first kappa shape index (κ1) is 22.2. The maximum Gasteiger partial charge on any atom is 0.257 e. The lowest BCUT2D eigenvalue weighted by molar-refractivity contribution is 0.102. The Kier molecular flexibility index (Phi) is 6.76. The summed E-state index contributed by atoms with van der Waals surface area (Å²) in [6.07, 6.45) is 1.85. The van der Waals surface area contributed by atoms with Gasteiger partial charge in [0.15, 0.2) is 0 Å². The summed E-state index contributed by atoms with van der Waals surface area (Å²) in [6.45, 7) is 3.42. The van der Waals surface area contributed by atoms with Crippen LogP contribution in [0.4, 0.5) is 5.69 Å². The number of aromatic nitrogens is 4. The van der Waals surface area contributed by atoms with Crippen LogP contribution in [0.3, 0.4) is 0 Å².